The Morgan fingerprint density at radius 3 is 2.42 bits per heavy atom. The molecule has 0 saturated heterocycles. The zero-order chi connectivity index (χ0) is 17.9. The van der Waals surface area contributed by atoms with Gasteiger partial charge < -0.3 is 14.5 Å². The van der Waals surface area contributed by atoms with Gasteiger partial charge in [-0.1, -0.05) is 32.9 Å². The number of ether oxygens (including phenoxy) is 1. The van der Waals surface area contributed by atoms with E-state index in [0.29, 0.717) is 11.7 Å². The summed E-state index contributed by atoms with van der Waals surface area (Å²) < 4.78 is 10.9. The lowest BCUT2D eigenvalue weighted by molar-refractivity contribution is -0.121. The number of benzene rings is 1. The minimum atomic E-state index is -0.171. The van der Waals surface area contributed by atoms with Crippen LogP contribution in [0.1, 0.15) is 56.6 Å². The summed E-state index contributed by atoms with van der Waals surface area (Å²) in [5.74, 6) is 1.99. The summed E-state index contributed by atoms with van der Waals surface area (Å²) in [6, 6.07) is 7.57. The Bertz CT molecular complexity index is 696. The molecule has 5 heteroatoms. The third-order valence-electron chi connectivity index (χ3n) is 3.85. The average molecular weight is 330 g/mol. The highest BCUT2D eigenvalue weighted by atomic mass is 16.5. The Morgan fingerprint density at radius 1 is 1.29 bits per heavy atom. The van der Waals surface area contributed by atoms with Gasteiger partial charge >= 0.3 is 0 Å². The predicted octanol–water partition coefficient (Wildman–Crippen LogP) is 3.71. The second kappa shape index (κ2) is 7.07. The van der Waals surface area contributed by atoms with Crippen molar-refractivity contribution in [1.82, 2.24) is 10.3 Å². The van der Waals surface area contributed by atoms with Crippen LogP contribution in [0.4, 0.5) is 0 Å². The van der Waals surface area contributed by atoms with Crippen LogP contribution in [-0.2, 0) is 16.6 Å². The molecular formula is C19H26N2O3. The molecule has 0 saturated carbocycles. The van der Waals surface area contributed by atoms with Crippen molar-refractivity contribution in [3.63, 3.8) is 0 Å². The zero-order valence-corrected chi connectivity index (χ0v) is 15.3. The van der Waals surface area contributed by atoms with E-state index < -0.39 is 0 Å². The van der Waals surface area contributed by atoms with E-state index in [9.17, 15) is 4.79 Å². The molecule has 0 spiro atoms. The van der Waals surface area contributed by atoms with Gasteiger partial charge in [0.05, 0.1) is 25.3 Å². The second-order valence-electron chi connectivity index (χ2n) is 7.02. The number of aryl methyl sites for hydroxylation is 1. The summed E-state index contributed by atoms with van der Waals surface area (Å²) in [6.07, 6.45) is 0.190. The molecule has 1 unspecified atom stereocenters. The number of carbonyl (C=O) groups excluding carboxylic acids is 1. The third kappa shape index (κ3) is 4.37. The highest BCUT2D eigenvalue weighted by molar-refractivity contribution is 5.78. The molecule has 1 atom stereocenters. The molecule has 0 bridgehead atoms. The van der Waals surface area contributed by atoms with Crippen LogP contribution < -0.4 is 10.1 Å². The van der Waals surface area contributed by atoms with Crippen molar-refractivity contribution < 1.29 is 13.9 Å². The van der Waals surface area contributed by atoms with Crippen molar-refractivity contribution in [2.24, 2.45) is 0 Å². The molecule has 1 heterocycles. The van der Waals surface area contributed by atoms with Crippen LogP contribution in [0.3, 0.4) is 0 Å². The molecule has 0 aliphatic rings. The molecule has 2 rings (SSSR count). The maximum atomic E-state index is 12.3. The maximum absolute atomic E-state index is 12.3. The Morgan fingerprint density at radius 2 is 1.92 bits per heavy atom. The lowest BCUT2D eigenvalue weighted by Gasteiger charge is -2.14. The van der Waals surface area contributed by atoms with Crippen molar-refractivity contribution >= 4 is 5.91 Å². The van der Waals surface area contributed by atoms with Gasteiger partial charge in [0.25, 0.3) is 0 Å². The van der Waals surface area contributed by atoms with Crippen LogP contribution in [0.2, 0.25) is 0 Å². The smallest absolute Gasteiger partial charge is 0.228 e. The largest absolute Gasteiger partial charge is 0.497 e. The topological polar surface area (TPSA) is 64.4 Å². The van der Waals surface area contributed by atoms with Gasteiger partial charge in [0.15, 0.2) is 5.89 Å². The van der Waals surface area contributed by atoms with Crippen LogP contribution in [0.15, 0.2) is 28.7 Å². The van der Waals surface area contributed by atoms with Crippen molar-refractivity contribution in [2.75, 3.05) is 7.11 Å². The summed E-state index contributed by atoms with van der Waals surface area (Å²) in [7, 11) is 1.63. The number of oxazole rings is 1. The lowest BCUT2D eigenvalue weighted by Crippen LogP contribution is -2.28. The number of nitrogens with one attached hydrogen (secondary N) is 1. The first-order valence-corrected chi connectivity index (χ1v) is 8.11. The van der Waals surface area contributed by atoms with E-state index in [0.717, 1.165) is 17.0 Å². The van der Waals surface area contributed by atoms with Gasteiger partial charge in [0, 0.05) is 5.41 Å². The minimum absolute atomic E-state index is 0.0852. The fourth-order valence-electron chi connectivity index (χ4n) is 2.33. The predicted molar refractivity (Wildman–Crippen MR) is 93.2 cm³/mol. The highest BCUT2D eigenvalue weighted by Gasteiger charge is 2.23. The fourth-order valence-corrected chi connectivity index (χ4v) is 2.33. The van der Waals surface area contributed by atoms with E-state index >= 15 is 0 Å². The van der Waals surface area contributed by atoms with Gasteiger partial charge in [-0.25, -0.2) is 4.98 Å². The van der Waals surface area contributed by atoms with Crippen molar-refractivity contribution in [3.8, 4) is 5.75 Å². The summed E-state index contributed by atoms with van der Waals surface area (Å²) in [6.45, 7) is 9.93. The van der Waals surface area contributed by atoms with Crippen LogP contribution >= 0.6 is 0 Å². The van der Waals surface area contributed by atoms with Crippen LogP contribution in [0.25, 0.3) is 0 Å². The Kier molecular flexibility index (Phi) is 5.32. The van der Waals surface area contributed by atoms with E-state index in [1.54, 1.807) is 7.11 Å². The first-order chi connectivity index (χ1) is 11.2. The molecule has 1 aromatic heterocycles. The summed E-state index contributed by atoms with van der Waals surface area (Å²) in [5.41, 5.74) is 1.62. The number of hydrogen-bond donors (Lipinski definition) is 1. The SMILES string of the molecule is COc1ccc(C(C)NC(=O)Cc2oc(C(C)(C)C)nc2C)cc1. The second-order valence-corrected chi connectivity index (χ2v) is 7.02. The number of aromatic nitrogens is 1. The number of rotatable bonds is 5. The van der Waals surface area contributed by atoms with E-state index in [2.05, 4.69) is 10.3 Å². The third-order valence-corrected chi connectivity index (χ3v) is 3.85. The molecule has 0 fully saturated rings. The highest BCUT2D eigenvalue weighted by Crippen LogP contribution is 2.24. The molecule has 0 aliphatic heterocycles. The molecule has 1 aromatic carbocycles. The number of methoxy groups -OCH3 is 1. The van der Waals surface area contributed by atoms with E-state index in [4.69, 9.17) is 9.15 Å². The fraction of sp³-hybridized carbons (Fsp3) is 0.474. The summed E-state index contributed by atoms with van der Waals surface area (Å²) in [5, 5.41) is 2.99. The van der Waals surface area contributed by atoms with Crippen molar-refractivity contribution in [3.05, 3.63) is 47.2 Å². The molecule has 2 aromatic rings. The van der Waals surface area contributed by atoms with Crippen molar-refractivity contribution in [2.45, 2.75) is 52.5 Å². The monoisotopic (exact) mass is 330 g/mol. The Hall–Kier alpha value is -2.30. The lowest BCUT2D eigenvalue weighted by atomic mass is 9.97. The Balaban J connectivity index is 2.01. The zero-order valence-electron chi connectivity index (χ0n) is 15.3. The van der Waals surface area contributed by atoms with Gasteiger partial charge in [-0.05, 0) is 31.5 Å². The summed E-state index contributed by atoms with van der Waals surface area (Å²) >= 11 is 0. The average Bonchev–Trinajstić information content (AvgIpc) is 2.88. The maximum Gasteiger partial charge on any atom is 0.228 e. The minimum Gasteiger partial charge on any atom is -0.497 e. The van der Waals surface area contributed by atoms with Gasteiger partial charge in [0.2, 0.25) is 5.91 Å². The molecule has 0 aliphatic carbocycles. The standard InChI is InChI=1S/C19H26N2O3/c1-12(14-7-9-15(23-6)10-8-14)20-17(22)11-16-13(2)21-18(24-16)19(3,4)5/h7-10,12H,11H2,1-6H3,(H,20,22). The number of carbonyl (C=O) groups is 1. The number of hydrogen-bond acceptors (Lipinski definition) is 4. The van der Waals surface area contributed by atoms with E-state index in [1.165, 1.54) is 0 Å². The van der Waals surface area contributed by atoms with Crippen LogP contribution in [0, 0.1) is 6.92 Å². The summed E-state index contributed by atoms with van der Waals surface area (Å²) in [4.78, 5) is 16.7. The van der Waals surface area contributed by atoms with Gasteiger partial charge in [-0.15, -0.1) is 0 Å². The molecule has 1 amide bonds. The first-order valence-electron chi connectivity index (χ1n) is 8.11. The number of amides is 1. The molecule has 5 nitrogen and oxygen atoms in total. The van der Waals surface area contributed by atoms with Crippen molar-refractivity contribution in [1.29, 1.82) is 0 Å². The Labute approximate surface area is 143 Å². The quantitative estimate of drug-likeness (QED) is 0.907. The van der Waals surface area contributed by atoms with E-state index in [1.807, 2.05) is 58.9 Å². The van der Waals surface area contributed by atoms with Gasteiger partial charge in [0.1, 0.15) is 11.5 Å². The van der Waals surface area contributed by atoms with E-state index in [-0.39, 0.29) is 23.8 Å². The van der Waals surface area contributed by atoms with Gasteiger partial charge in [-0.2, -0.15) is 0 Å². The molecule has 0 radical (unpaired) electrons. The van der Waals surface area contributed by atoms with Crippen LogP contribution in [-0.4, -0.2) is 18.0 Å². The number of nitrogens with zero attached hydrogens (tertiary/aromatic N) is 1. The normalized spacial score (nSPS) is 12.8. The molecule has 1 N–H and O–H groups in total. The molecule has 24 heavy (non-hydrogen) atoms. The first kappa shape index (κ1) is 18.0. The van der Waals surface area contributed by atoms with Gasteiger partial charge in [-0.3, -0.25) is 4.79 Å². The van der Waals surface area contributed by atoms with Crippen LogP contribution in [0.5, 0.6) is 5.75 Å². The molecular weight excluding hydrogens is 304 g/mol. The molecule has 130 valence electrons.